The minimum atomic E-state index is -0.873. The predicted molar refractivity (Wildman–Crippen MR) is 100 cm³/mol. The van der Waals surface area contributed by atoms with Gasteiger partial charge in [0.05, 0.1) is 0 Å². The van der Waals surface area contributed by atoms with Crippen molar-refractivity contribution in [3.05, 3.63) is 47.0 Å². The quantitative estimate of drug-likeness (QED) is 0.817. The second-order valence-corrected chi connectivity index (χ2v) is 9.34. The Balaban J connectivity index is 1.12. The van der Waals surface area contributed by atoms with Crippen LogP contribution in [0.5, 0.6) is 0 Å². The lowest BCUT2D eigenvalue weighted by Crippen LogP contribution is -2.82. The molecule has 4 unspecified atom stereocenters. The molecule has 0 aromatic heterocycles. The highest BCUT2D eigenvalue weighted by molar-refractivity contribution is 5.84. The number of carboxylic acids is 1. The first-order chi connectivity index (χ1) is 13.1. The average Bonchev–Trinajstić information content (AvgIpc) is 3.08. The van der Waals surface area contributed by atoms with Crippen LogP contribution in [0, 0.1) is 17.3 Å². The maximum Gasteiger partial charge on any atom is 0.326 e. The van der Waals surface area contributed by atoms with E-state index in [0.717, 1.165) is 18.3 Å². The molecule has 27 heavy (non-hydrogen) atoms. The van der Waals surface area contributed by atoms with E-state index in [1.54, 1.807) is 10.5 Å². The van der Waals surface area contributed by atoms with Crippen molar-refractivity contribution in [1.82, 2.24) is 4.90 Å². The number of likely N-dealkylation sites (tertiary alicyclic amines) is 1. The topological polar surface area (TPSA) is 57.6 Å². The zero-order valence-corrected chi connectivity index (χ0v) is 15.5. The number of carbonyl (C=O) groups is 2. The van der Waals surface area contributed by atoms with Crippen molar-refractivity contribution in [3.63, 3.8) is 0 Å². The van der Waals surface area contributed by atoms with Gasteiger partial charge in [-0.3, -0.25) is 4.79 Å². The summed E-state index contributed by atoms with van der Waals surface area (Å²) in [6, 6.07) is 8.35. The van der Waals surface area contributed by atoms with Crippen LogP contribution in [0.4, 0.5) is 0 Å². The number of allylic oxidation sites excluding steroid dienone is 2. The van der Waals surface area contributed by atoms with Gasteiger partial charge in [-0.1, -0.05) is 35.9 Å². The zero-order chi connectivity index (χ0) is 18.4. The molecule has 1 aromatic carbocycles. The number of nitrogens with zero attached hydrogens (tertiary/aromatic N) is 1. The average molecular weight is 363 g/mol. The number of rotatable bonds is 5. The summed E-state index contributed by atoms with van der Waals surface area (Å²) in [5.41, 5.74) is 5.43. The molecule has 5 aliphatic rings. The molecule has 1 heterocycles. The highest BCUT2D eigenvalue weighted by Gasteiger charge is 2.84. The number of hydrogen-bond donors (Lipinski definition) is 1. The molecule has 4 heteroatoms. The van der Waals surface area contributed by atoms with Crippen LogP contribution in [-0.2, 0) is 21.4 Å². The largest absolute Gasteiger partial charge is 0.480 e. The van der Waals surface area contributed by atoms with Crippen LogP contribution in [0.1, 0.15) is 49.7 Å². The van der Waals surface area contributed by atoms with E-state index in [4.69, 9.17) is 0 Å². The Hall–Kier alpha value is -2.10. The van der Waals surface area contributed by atoms with E-state index < -0.39 is 12.0 Å². The first-order valence-electron chi connectivity index (χ1n) is 10.4. The molecule has 0 bridgehead atoms. The Morgan fingerprint density at radius 1 is 1.19 bits per heavy atom. The third-order valence-corrected chi connectivity index (χ3v) is 8.58. The second-order valence-electron chi connectivity index (χ2n) is 9.34. The summed E-state index contributed by atoms with van der Waals surface area (Å²) in [6.45, 7) is 0.581. The molecule has 4 nitrogen and oxygen atoms in total. The van der Waals surface area contributed by atoms with Gasteiger partial charge in [-0.15, -0.1) is 0 Å². The molecule has 5 atom stereocenters. The van der Waals surface area contributed by atoms with Gasteiger partial charge in [-0.05, 0) is 61.5 Å². The minimum absolute atomic E-state index is 0.0242. The maximum atomic E-state index is 12.5. The molecule has 3 saturated carbocycles. The summed E-state index contributed by atoms with van der Waals surface area (Å²) in [6.07, 6.45) is 9.03. The van der Waals surface area contributed by atoms with Crippen molar-refractivity contribution in [2.75, 3.05) is 6.54 Å². The van der Waals surface area contributed by atoms with Crippen LogP contribution in [-0.4, -0.2) is 34.5 Å². The first-order valence-corrected chi connectivity index (χ1v) is 10.4. The Bertz CT molecular complexity index is 887. The van der Waals surface area contributed by atoms with Gasteiger partial charge in [0, 0.05) is 23.8 Å². The van der Waals surface area contributed by atoms with Crippen molar-refractivity contribution in [3.8, 4) is 0 Å². The molecule has 1 saturated heterocycles. The number of hydrogen-bond acceptors (Lipinski definition) is 2. The Labute approximate surface area is 159 Å². The number of carbonyl (C=O) groups excluding carboxylic acids is 1. The van der Waals surface area contributed by atoms with Gasteiger partial charge in [0.2, 0.25) is 5.91 Å². The normalized spacial score (nSPS) is 39.8. The summed E-state index contributed by atoms with van der Waals surface area (Å²) in [5.74, 6) is 0.918. The molecule has 1 aliphatic heterocycles. The smallest absolute Gasteiger partial charge is 0.326 e. The number of aliphatic carboxylic acids is 1. The van der Waals surface area contributed by atoms with Crippen molar-refractivity contribution < 1.29 is 14.7 Å². The molecule has 1 aromatic rings. The summed E-state index contributed by atoms with van der Waals surface area (Å²) >= 11 is 0. The van der Waals surface area contributed by atoms with Gasteiger partial charge in [-0.25, -0.2) is 4.79 Å². The molecule has 140 valence electrons. The van der Waals surface area contributed by atoms with E-state index >= 15 is 0 Å². The van der Waals surface area contributed by atoms with Gasteiger partial charge in [0.25, 0.3) is 0 Å². The lowest BCUT2D eigenvalue weighted by Gasteiger charge is -2.87. The van der Waals surface area contributed by atoms with E-state index in [0.29, 0.717) is 36.6 Å². The lowest BCUT2D eigenvalue weighted by atomic mass is 9.16. The van der Waals surface area contributed by atoms with Crippen LogP contribution in [0.2, 0.25) is 0 Å². The number of carboxylic acid groups (broad SMARTS) is 1. The monoisotopic (exact) mass is 363 g/mol. The maximum absolute atomic E-state index is 12.5. The highest BCUT2D eigenvalue weighted by atomic mass is 16.4. The third-order valence-electron chi connectivity index (χ3n) is 8.58. The molecule has 1 amide bonds. The van der Waals surface area contributed by atoms with Crippen LogP contribution in [0.25, 0.3) is 0 Å². The molecule has 6 rings (SSSR count). The molecular formula is C23H25NO3. The second kappa shape index (κ2) is 5.03. The van der Waals surface area contributed by atoms with Gasteiger partial charge < -0.3 is 10.0 Å². The fourth-order valence-corrected chi connectivity index (χ4v) is 7.39. The van der Waals surface area contributed by atoms with E-state index in [1.165, 1.54) is 30.4 Å². The Morgan fingerprint density at radius 3 is 2.67 bits per heavy atom. The van der Waals surface area contributed by atoms with E-state index in [9.17, 15) is 14.7 Å². The highest BCUT2D eigenvalue weighted by Crippen LogP contribution is 2.90. The predicted octanol–water partition coefficient (Wildman–Crippen LogP) is 3.30. The lowest BCUT2D eigenvalue weighted by molar-refractivity contribution is -0.250. The molecule has 1 spiro atoms. The summed E-state index contributed by atoms with van der Waals surface area (Å²) in [4.78, 5) is 25.3. The molecule has 0 radical (unpaired) electrons. The zero-order valence-electron chi connectivity index (χ0n) is 15.5. The fourth-order valence-electron chi connectivity index (χ4n) is 7.39. The van der Waals surface area contributed by atoms with Crippen LogP contribution in [0.15, 0.2) is 35.9 Å². The molecule has 1 N–H and O–H groups in total. The van der Waals surface area contributed by atoms with Crippen LogP contribution >= 0.6 is 0 Å². The van der Waals surface area contributed by atoms with Gasteiger partial charge >= 0.3 is 5.97 Å². The first kappa shape index (κ1) is 15.9. The number of amides is 1. The fraction of sp³-hybridized carbons (Fsp3) is 0.565. The van der Waals surface area contributed by atoms with Crippen molar-refractivity contribution in [1.29, 1.82) is 0 Å². The summed E-state index contributed by atoms with van der Waals surface area (Å²) in [5, 5.41) is 9.25. The minimum Gasteiger partial charge on any atom is -0.480 e. The van der Waals surface area contributed by atoms with Crippen molar-refractivity contribution in [2.24, 2.45) is 17.3 Å². The van der Waals surface area contributed by atoms with Crippen LogP contribution in [0.3, 0.4) is 0 Å². The van der Waals surface area contributed by atoms with Crippen molar-refractivity contribution >= 4 is 11.9 Å². The Morgan fingerprint density at radius 2 is 2.00 bits per heavy atom. The Kier molecular flexibility index (Phi) is 2.97. The van der Waals surface area contributed by atoms with E-state index in [-0.39, 0.29) is 5.91 Å². The van der Waals surface area contributed by atoms with Gasteiger partial charge in [0.1, 0.15) is 6.04 Å². The SMILES string of the molecule is O=C(O)[C@@H]1CCCN1C(=O)CCc1ccc(C23CC4C=C5CC(C2)C543)cc1. The van der Waals surface area contributed by atoms with Gasteiger partial charge in [-0.2, -0.15) is 0 Å². The van der Waals surface area contributed by atoms with E-state index in [2.05, 4.69) is 30.3 Å². The number of aryl methyl sites for hydroxylation is 1. The number of benzene rings is 1. The van der Waals surface area contributed by atoms with Gasteiger partial charge in [0.15, 0.2) is 0 Å². The third kappa shape index (κ3) is 1.71. The summed E-state index contributed by atoms with van der Waals surface area (Å²) in [7, 11) is 0. The molecule has 4 aliphatic carbocycles. The standard InChI is InChI=1S/C23H25NO3/c25-20(24-9-1-2-19(24)21(26)27)8-5-14-3-6-15(7-4-14)22-12-17-10-16-11-18(13-22)23(16,17)22/h3-4,6-7,10,17-19H,1-2,5,8-9,11-13H2,(H,26,27)/t17?,18?,19-,22?,23?/m0/s1. The van der Waals surface area contributed by atoms with E-state index in [1.807, 2.05) is 0 Å². The molecular weight excluding hydrogens is 338 g/mol. The summed E-state index contributed by atoms with van der Waals surface area (Å²) < 4.78 is 0. The van der Waals surface area contributed by atoms with Crippen molar-refractivity contribution in [2.45, 2.75) is 56.4 Å². The van der Waals surface area contributed by atoms with Crippen LogP contribution < -0.4 is 0 Å². The molecule has 4 fully saturated rings.